The predicted molar refractivity (Wildman–Crippen MR) is 97.3 cm³/mol. The number of aromatic nitrogens is 2. The van der Waals surface area contributed by atoms with E-state index in [2.05, 4.69) is 44.2 Å². The molecule has 0 spiro atoms. The van der Waals surface area contributed by atoms with Crippen LogP contribution in [0.1, 0.15) is 30.2 Å². The number of hydrogen-bond donors (Lipinski definition) is 0. The number of methoxy groups -OCH3 is 1. The van der Waals surface area contributed by atoms with Gasteiger partial charge in [-0.15, -0.1) is 11.3 Å². The van der Waals surface area contributed by atoms with Crippen LogP contribution < -0.4 is 4.74 Å². The SMILES string of the molecule is CCN1CCC[C@@H]1CN(Cc1cnc(OC)nc1)Cc1cccs1. The summed E-state index contributed by atoms with van der Waals surface area (Å²) >= 11 is 1.83. The highest BCUT2D eigenvalue weighted by Crippen LogP contribution is 2.21. The van der Waals surface area contributed by atoms with Crippen molar-refractivity contribution in [1.82, 2.24) is 19.8 Å². The lowest BCUT2D eigenvalue weighted by Crippen LogP contribution is -2.39. The lowest BCUT2D eigenvalue weighted by molar-refractivity contribution is 0.166. The van der Waals surface area contributed by atoms with Gasteiger partial charge in [-0.3, -0.25) is 9.80 Å². The molecule has 1 saturated heterocycles. The standard InChI is InChI=1S/C18H26N4OS/c1-3-22-8-4-6-16(22)13-21(14-17-7-5-9-24-17)12-15-10-19-18(23-2)20-11-15/h5,7,9-11,16H,3-4,6,8,12-14H2,1-2H3/t16-/m1/s1. The van der Waals surface area contributed by atoms with E-state index >= 15 is 0 Å². The molecule has 0 radical (unpaired) electrons. The van der Waals surface area contributed by atoms with E-state index in [1.807, 2.05) is 23.7 Å². The van der Waals surface area contributed by atoms with Crippen molar-refractivity contribution < 1.29 is 4.74 Å². The van der Waals surface area contributed by atoms with Crippen molar-refractivity contribution in [2.75, 3.05) is 26.7 Å². The first-order valence-corrected chi connectivity index (χ1v) is 9.50. The molecule has 1 aliphatic heterocycles. The zero-order valence-corrected chi connectivity index (χ0v) is 15.3. The summed E-state index contributed by atoms with van der Waals surface area (Å²) in [5.41, 5.74) is 1.13. The molecule has 0 amide bonds. The lowest BCUT2D eigenvalue weighted by atomic mass is 10.2. The number of rotatable bonds is 8. The first kappa shape index (κ1) is 17.3. The highest BCUT2D eigenvalue weighted by molar-refractivity contribution is 7.09. The van der Waals surface area contributed by atoms with E-state index in [0.717, 1.165) is 31.7 Å². The largest absolute Gasteiger partial charge is 0.467 e. The summed E-state index contributed by atoms with van der Waals surface area (Å²) in [5.74, 6) is 0. The average Bonchev–Trinajstić information content (AvgIpc) is 3.27. The Balaban J connectivity index is 1.68. The molecule has 5 nitrogen and oxygen atoms in total. The fourth-order valence-corrected chi connectivity index (χ4v) is 4.16. The maximum atomic E-state index is 5.05. The summed E-state index contributed by atoms with van der Waals surface area (Å²) in [7, 11) is 1.59. The van der Waals surface area contributed by atoms with Crippen LogP contribution in [0.4, 0.5) is 0 Å². The minimum atomic E-state index is 0.427. The van der Waals surface area contributed by atoms with Gasteiger partial charge in [0, 0.05) is 48.5 Å². The van der Waals surface area contributed by atoms with E-state index in [1.54, 1.807) is 7.11 Å². The van der Waals surface area contributed by atoms with Crippen LogP contribution in [0.2, 0.25) is 0 Å². The summed E-state index contributed by atoms with van der Waals surface area (Å²) in [6, 6.07) is 5.43. The number of likely N-dealkylation sites (tertiary alicyclic amines) is 1. The molecule has 2 aromatic rings. The van der Waals surface area contributed by atoms with Crippen molar-refractivity contribution in [2.45, 2.75) is 38.9 Å². The Labute approximate surface area is 148 Å². The van der Waals surface area contributed by atoms with Gasteiger partial charge in [0.25, 0.3) is 0 Å². The Bertz CT molecular complexity index is 602. The minimum Gasteiger partial charge on any atom is -0.467 e. The second-order valence-corrected chi connectivity index (χ2v) is 7.28. The maximum Gasteiger partial charge on any atom is 0.316 e. The van der Waals surface area contributed by atoms with E-state index in [0.29, 0.717) is 12.1 Å². The van der Waals surface area contributed by atoms with Crippen LogP contribution >= 0.6 is 11.3 Å². The van der Waals surface area contributed by atoms with Crippen LogP contribution in [-0.2, 0) is 13.1 Å². The van der Waals surface area contributed by atoms with Crippen molar-refractivity contribution in [3.8, 4) is 6.01 Å². The van der Waals surface area contributed by atoms with Crippen LogP contribution in [0.3, 0.4) is 0 Å². The second-order valence-electron chi connectivity index (χ2n) is 6.25. The molecule has 0 unspecified atom stereocenters. The van der Waals surface area contributed by atoms with Gasteiger partial charge in [-0.05, 0) is 37.4 Å². The molecule has 1 atom stereocenters. The van der Waals surface area contributed by atoms with Crippen molar-refractivity contribution in [1.29, 1.82) is 0 Å². The van der Waals surface area contributed by atoms with Crippen LogP contribution in [0.5, 0.6) is 6.01 Å². The van der Waals surface area contributed by atoms with Gasteiger partial charge >= 0.3 is 6.01 Å². The van der Waals surface area contributed by atoms with Gasteiger partial charge < -0.3 is 4.74 Å². The molecule has 130 valence electrons. The van der Waals surface area contributed by atoms with Crippen molar-refractivity contribution in [3.63, 3.8) is 0 Å². The number of hydrogen-bond acceptors (Lipinski definition) is 6. The Morgan fingerprint density at radius 1 is 1.33 bits per heavy atom. The molecule has 2 aromatic heterocycles. The summed E-state index contributed by atoms with van der Waals surface area (Å²) in [4.78, 5) is 15.0. The molecule has 3 heterocycles. The Morgan fingerprint density at radius 2 is 2.17 bits per heavy atom. The molecule has 24 heavy (non-hydrogen) atoms. The number of nitrogens with zero attached hydrogens (tertiary/aromatic N) is 4. The fourth-order valence-electron chi connectivity index (χ4n) is 3.41. The van der Waals surface area contributed by atoms with E-state index in [-0.39, 0.29) is 0 Å². The molecule has 1 fully saturated rings. The lowest BCUT2D eigenvalue weighted by Gasteiger charge is -2.30. The zero-order chi connectivity index (χ0) is 16.8. The first-order chi connectivity index (χ1) is 11.8. The van der Waals surface area contributed by atoms with E-state index in [9.17, 15) is 0 Å². The first-order valence-electron chi connectivity index (χ1n) is 8.62. The van der Waals surface area contributed by atoms with Gasteiger partial charge in [0.1, 0.15) is 0 Å². The molecule has 0 saturated carbocycles. The quantitative estimate of drug-likeness (QED) is 0.735. The molecule has 0 aromatic carbocycles. The van der Waals surface area contributed by atoms with Gasteiger partial charge in [0.15, 0.2) is 0 Å². The van der Waals surface area contributed by atoms with Crippen LogP contribution in [0.15, 0.2) is 29.9 Å². The third-order valence-electron chi connectivity index (χ3n) is 4.60. The number of ether oxygens (including phenoxy) is 1. The van der Waals surface area contributed by atoms with Gasteiger partial charge in [-0.1, -0.05) is 13.0 Å². The predicted octanol–water partition coefficient (Wildman–Crippen LogP) is 3.03. The number of thiophene rings is 1. The Kier molecular flexibility index (Phi) is 6.18. The Morgan fingerprint density at radius 3 is 2.83 bits per heavy atom. The van der Waals surface area contributed by atoms with Gasteiger partial charge in [0.05, 0.1) is 7.11 Å². The summed E-state index contributed by atoms with van der Waals surface area (Å²) in [6.07, 6.45) is 6.36. The smallest absolute Gasteiger partial charge is 0.316 e. The van der Waals surface area contributed by atoms with Crippen molar-refractivity contribution in [2.24, 2.45) is 0 Å². The highest BCUT2D eigenvalue weighted by atomic mass is 32.1. The maximum absolute atomic E-state index is 5.05. The van der Waals surface area contributed by atoms with E-state index in [1.165, 1.54) is 24.3 Å². The molecule has 1 aliphatic rings. The molecule has 0 N–H and O–H groups in total. The van der Waals surface area contributed by atoms with E-state index < -0.39 is 0 Å². The number of likely N-dealkylation sites (N-methyl/N-ethyl adjacent to an activating group) is 1. The van der Waals surface area contributed by atoms with Crippen LogP contribution in [0, 0.1) is 0 Å². The second kappa shape index (κ2) is 8.55. The van der Waals surface area contributed by atoms with Gasteiger partial charge in [0.2, 0.25) is 0 Å². The molecule has 0 bridgehead atoms. The fraction of sp³-hybridized carbons (Fsp3) is 0.556. The average molecular weight is 347 g/mol. The van der Waals surface area contributed by atoms with E-state index in [4.69, 9.17) is 4.74 Å². The minimum absolute atomic E-state index is 0.427. The van der Waals surface area contributed by atoms with Gasteiger partial charge in [-0.2, -0.15) is 0 Å². The molecular formula is C18H26N4OS. The monoisotopic (exact) mass is 346 g/mol. The topological polar surface area (TPSA) is 41.5 Å². The zero-order valence-electron chi connectivity index (χ0n) is 14.5. The molecule has 6 heteroatoms. The summed E-state index contributed by atoms with van der Waals surface area (Å²) < 4.78 is 5.05. The molecule has 3 rings (SSSR count). The molecule has 0 aliphatic carbocycles. The summed E-state index contributed by atoms with van der Waals surface area (Å²) in [6.45, 7) is 7.59. The normalized spacial score (nSPS) is 18.4. The third-order valence-corrected chi connectivity index (χ3v) is 5.47. The Hall–Kier alpha value is -1.50. The van der Waals surface area contributed by atoms with Crippen molar-refractivity contribution in [3.05, 3.63) is 40.3 Å². The van der Waals surface area contributed by atoms with Crippen LogP contribution in [0.25, 0.3) is 0 Å². The van der Waals surface area contributed by atoms with Crippen LogP contribution in [-0.4, -0.2) is 52.6 Å². The third kappa shape index (κ3) is 4.53. The highest BCUT2D eigenvalue weighted by Gasteiger charge is 2.25. The summed E-state index contributed by atoms with van der Waals surface area (Å²) in [5, 5.41) is 2.15. The molecular weight excluding hydrogens is 320 g/mol. The van der Waals surface area contributed by atoms with Crippen molar-refractivity contribution >= 4 is 11.3 Å². The van der Waals surface area contributed by atoms with Gasteiger partial charge in [-0.25, -0.2) is 9.97 Å².